The van der Waals surface area contributed by atoms with Crippen molar-refractivity contribution in [2.24, 2.45) is 0 Å². The summed E-state index contributed by atoms with van der Waals surface area (Å²) < 4.78 is 0. The quantitative estimate of drug-likeness (QED) is 0.791. The first-order valence-corrected chi connectivity index (χ1v) is 8.73. The summed E-state index contributed by atoms with van der Waals surface area (Å²) >= 11 is 1.66. The van der Waals surface area contributed by atoms with Gasteiger partial charge < -0.3 is 4.98 Å². The summed E-state index contributed by atoms with van der Waals surface area (Å²) in [6.07, 6.45) is 4.18. The number of aryl methyl sites for hydroxylation is 1. The van der Waals surface area contributed by atoms with Crippen molar-refractivity contribution in [3.05, 3.63) is 62.2 Å². The number of nitrogens with one attached hydrogen (secondary N) is 1. The minimum atomic E-state index is -0.0500. The van der Waals surface area contributed by atoms with Crippen LogP contribution in [0, 0.1) is 6.92 Å². The molecule has 6 nitrogen and oxygen atoms in total. The van der Waals surface area contributed by atoms with Gasteiger partial charge in [0.05, 0.1) is 22.0 Å². The fourth-order valence-electron chi connectivity index (χ4n) is 2.97. The van der Waals surface area contributed by atoms with Gasteiger partial charge in [0, 0.05) is 49.4 Å². The van der Waals surface area contributed by atoms with E-state index in [0.29, 0.717) is 12.4 Å². The largest absolute Gasteiger partial charge is 0.306 e. The molecule has 0 atom stereocenters. The minimum Gasteiger partial charge on any atom is -0.306 e. The topological polar surface area (TPSA) is 74.8 Å². The molecule has 0 radical (unpaired) electrons. The molecule has 3 aromatic heterocycles. The second-order valence-electron chi connectivity index (χ2n) is 5.89. The molecule has 1 aliphatic heterocycles. The van der Waals surface area contributed by atoms with Gasteiger partial charge in [-0.3, -0.25) is 14.7 Å². The van der Waals surface area contributed by atoms with Crippen LogP contribution in [0.2, 0.25) is 0 Å². The number of aromatic amines is 1. The number of pyridine rings is 1. The molecular weight excluding hydrogens is 322 g/mol. The Hall–Kier alpha value is -2.38. The normalized spacial score (nSPS) is 14.5. The van der Waals surface area contributed by atoms with E-state index in [9.17, 15) is 4.79 Å². The molecule has 1 N–H and O–H groups in total. The van der Waals surface area contributed by atoms with Crippen LogP contribution in [0.4, 0.5) is 0 Å². The average molecular weight is 339 g/mol. The van der Waals surface area contributed by atoms with Crippen LogP contribution in [0.5, 0.6) is 0 Å². The number of rotatable bonds is 3. The molecule has 4 rings (SSSR count). The first kappa shape index (κ1) is 15.2. The van der Waals surface area contributed by atoms with Crippen LogP contribution >= 0.6 is 11.3 Å². The van der Waals surface area contributed by atoms with Gasteiger partial charge in [-0.2, -0.15) is 0 Å². The molecule has 3 aromatic rings. The summed E-state index contributed by atoms with van der Waals surface area (Å²) in [7, 11) is 0. The highest BCUT2D eigenvalue weighted by atomic mass is 32.1. The number of nitrogens with zero attached hydrogens (tertiary/aromatic N) is 4. The van der Waals surface area contributed by atoms with E-state index in [1.165, 1.54) is 0 Å². The first-order valence-electron chi connectivity index (χ1n) is 7.85. The lowest BCUT2D eigenvalue weighted by Gasteiger charge is -2.27. The molecule has 0 unspecified atom stereocenters. The van der Waals surface area contributed by atoms with Gasteiger partial charge in [0.2, 0.25) is 0 Å². The Morgan fingerprint density at radius 2 is 2.12 bits per heavy atom. The third kappa shape index (κ3) is 3.00. The molecule has 0 saturated carbocycles. The monoisotopic (exact) mass is 339 g/mol. The summed E-state index contributed by atoms with van der Waals surface area (Å²) in [5.74, 6) is 0.615. The van der Waals surface area contributed by atoms with Crippen molar-refractivity contribution in [2.45, 2.75) is 26.4 Å². The Morgan fingerprint density at radius 3 is 2.88 bits per heavy atom. The van der Waals surface area contributed by atoms with Gasteiger partial charge in [0.15, 0.2) is 0 Å². The predicted octanol–water partition coefficient (Wildman–Crippen LogP) is 2.16. The highest BCUT2D eigenvalue weighted by Gasteiger charge is 2.22. The van der Waals surface area contributed by atoms with Gasteiger partial charge in [-0.25, -0.2) is 9.97 Å². The maximum Gasteiger partial charge on any atom is 0.255 e. The lowest BCUT2D eigenvalue weighted by Crippen LogP contribution is -2.35. The van der Waals surface area contributed by atoms with Crippen molar-refractivity contribution in [1.82, 2.24) is 24.8 Å². The molecule has 24 heavy (non-hydrogen) atoms. The summed E-state index contributed by atoms with van der Waals surface area (Å²) in [6, 6.07) is 3.70. The Kier molecular flexibility index (Phi) is 3.95. The SMILES string of the molecule is Cc1nc(CN2CCc3nc(-c4ccncc4)[nH]c(=O)c3C2)cs1. The molecule has 1 aliphatic rings. The van der Waals surface area contributed by atoms with Crippen LogP contribution in [0.25, 0.3) is 11.4 Å². The number of fused-ring (bicyclic) bond motifs is 1. The van der Waals surface area contributed by atoms with Crippen LogP contribution in [-0.4, -0.2) is 31.4 Å². The molecule has 0 amide bonds. The lowest BCUT2D eigenvalue weighted by molar-refractivity contribution is 0.239. The third-order valence-electron chi connectivity index (χ3n) is 4.15. The Morgan fingerprint density at radius 1 is 1.29 bits per heavy atom. The average Bonchev–Trinajstić information content (AvgIpc) is 3.01. The van der Waals surface area contributed by atoms with Gasteiger partial charge >= 0.3 is 0 Å². The molecule has 0 fully saturated rings. The van der Waals surface area contributed by atoms with Gasteiger partial charge in [-0.1, -0.05) is 0 Å². The maximum atomic E-state index is 12.5. The maximum absolute atomic E-state index is 12.5. The van der Waals surface area contributed by atoms with E-state index in [0.717, 1.165) is 47.0 Å². The summed E-state index contributed by atoms with van der Waals surface area (Å²) in [4.78, 5) is 30.8. The van der Waals surface area contributed by atoms with E-state index in [1.54, 1.807) is 23.7 Å². The molecule has 0 saturated heterocycles. The van der Waals surface area contributed by atoms with E-state index in [1.807, 2.05) is 19.1 Å². The summed E-state index contributed by atoms with van der Waals surface area (Å²) in [6.45, 7) is 4.28. The smallest absolute Gasteiger partial charge is 0.255 e. The lowest BCUT2D eigenvalue weighted by atomic mass is 10.1. The van der Waals surface area contributed by atoms with Crippen LogP contribution in [0.15, 0.2) is 34.7 Å². The number of thiazole rings is 1. The number of hydrogen-bond donors (Lipinski definition) is 1. The zero-order valence-electron chi connectivity index (χ0n) is 13.3. The van der Waals surface area contributed by atoms with E-state index in [2.05, 4.69) is 30.2 Å². The standard InChI is InChI=1S/C17H17N5OS/c1-11-19-13(10-24-11)8-22-7-4-15-14(9-22)17(23)21-16(20-15)12-2-5-18-6-3-12/h2-3,5-6,10H,4,7-9H2,1H3,(H,20,21,23). The van der Waals surface area contributed by atoms with Crippen LogP contribution in [0.1, 0.15) is 22.0 Å². The van der Waals surface area contributed by atoms with E-state index >= 15 is 0 Å². The third-order valence-corrected chi connectivity index (χ3v) is 4.98. The summed E-state index contributed by atoms with van der Waals surface area (Å²) in [5.41, 5.74) is 3.57. The Bertz CT molecular complexity index is 918. The minimum absolute atomic E-state index is 0.0500. The van der Waals surface area contributed by atoms with Crippen LogP contribution in [0.3, 0.4) is 0 Å². The molecule has 122 valence electrons. The number of hydrogen-bond acceptors (Lipinski definition) is 6. The van der Waals surface area contributed by atoms with Crippen molar-refractivity contribution < 1.29 is 0 Å². The molecule has 7 heteroatoms. The van der Waals surface area contributed by atoms with Crippen molar-refractivity contribution in [3.63, 3.8) is 0 Å². The van der Waals surface area contributed by atoms with Crippen molar-refractivity contribution >= 4 is 11.3 Å². The molecular formula is C17H17N5OS. The predicted molar refractivity (Wildman–Crippen MR) is 92.8 cm³/mol. The van der Waals surface area contributed by atoms with Crippen molar-refractivity contribution in [3.8, 4) is 11.4 Å². The highest BCUT2D eigenvalue weighted by molar-refractivity contribution is 7.09. The van der Waals surface area contributed by atoms with Gasteiger partial charge in [0.25, 0.3) is 5.56 Å². The second kappa shape index (κ2) is 6.26. The number of aromatic nitrogens is 4. The van der Waals surface area contributed by atoms with E-state index in [-0.39, 0.29) is 5.56 Å². The van der Waals surface area contributed by atoms with Crippen molar-refractivity contribution in [1.29, 1.82) is 0 Å². The first-order chi connectivity index (χ1) is 11.7. The van der Waals surface area contributed by atoms with E-state index in [4.69, 9.17) is 0 Å². The highest BCUT2D eigenvalue weighted by Crippen LogP contribution is 2.20. The number of H-pyrrole nitrogens is 1. The molecule has 4 heterocycles. The fraction of sp³-hybridized carbons (Fsp3) is 0.294. The van der Waals surface area contributed by atoms with Crippen LogP contribution < -0.4 is 5.56 Å². The Labute approximate surface area is 143 Å². The van der Waals surface area contributed by atoms with Gasteiger partial charge in [0.1, 0.15) is 5.82 Å². The zero-order valence-corrected chi connectivity index (χ0v) is 14.1. The molecule has 0 aliphatic carbocycles. The fourth-order valence-corrected chi connectivity index (χ4v) is 3.58. The van der Waals surface area contributed by atoms with Crippen LogP contribution in [-0.2, 0) is 19.5 Å². The Balaban J connectivity index is 1.59. The van der Waals surface area contributed by atoms with E-state index < -0.39 is 0 Å². The molecule has 0 spiro atoms. The second-order valence-corrected chi connectivity index (χ2v) is 6.96. The summed E-state index contributed by atoms with van der Waals surface area (Å²) in [5, 5.41) is 3.16. The van der Waals surface area contributed by atoms with Gasteiger partial charge in [-0.05, 0) is 19.1 Å². The van der Waals surface area contributed by atoms with Gasteiger partial charge in [-0.15, -0.1) is 11.3 Å². The zero-order chi connectivity index (χ0) is 16.5. The van der Waals surface area contributed by atoms with Crippen molar-refractivity contribution in [2.75, 3.05) is 6.54 Å². The molecule has 0 bridgehead atoms. The molecule has 0 aromatic carbocycles.